The van der Waals surface area contributed by atoms with Crippen LogP contribution < -0.4 is 9.47 Å². The van der Waals surface area contributed by atoms with Gasteiger partial charge in [0.15, 0.2) is 11.5 Å². The summed E-state index contributed by atoms with van der Waals surface area (Å²) in [5.74, 6) is 0.280. The maximum absolute atomic E-state index is 12.3. The molecule has 0 N–H and O–H groups in total. The molecular formula is C20H25NO6S. The Morgan fingerprint density at radius 2 is 1.89 bits per heavy atom. The highest BCUT2D eigenvalue weighted by Gasteiger charge is 2.31. The van der Waals surface area contributed by atoms with E-state index in [0.717, 1.165) is 21.9 Å². The SMILES string of the molecule is COC(=O)C(C)C(c1ccc(OC)c(OC)c1)c1cnc(C2OCCCO2)s1. The third-order valence-corrected chi connectivity index (χ3v) is 5.82. The van der Waals surface area contributed by atoms with Gasteiger partial charge in [0, 0.05) is 17.0 Å². The molecule has 1 aliphatic heterocycles. The summed E-state index contributed by atoms with van der Waals surface area (Å²) >= 11 is 1.48. The van der Waals surface area contributed by atoms with E-state index in [1.165, 1.54) is 18.4 Å². The summed E-state index contributed by atoms with van der Waals surface area (Å²) in [5, 5.41) is 0.747. The summed E-state index contributed by atoms with van der Waals surface area (Å²) in [7, 11) is 4.57. The van der Waals surface area contributed by atoms with Gasteiger partial charge in [-0.15, -0.1) is 11.3 Å². The van der Waals surface area contributed by atoms with Crippen molar-refractivity contribution in [2.45, 2.75) is 25.6 Å². The number of methoxy groups -OCH3 is 3. The Morgan fingerprint density at radius 3 is 2.54 bits per heavy atom. The average molecular weight is 407 g/mol. The van der Waals surface area contributed by atoms with E-state index in [9.17, 15) is 4.79 Å². The van der Waals surface area contributed by atoms with Crippen molar-refractivity contribution in [3.63, 3.8) is 0 Å². The number of nitrogens with zero attached hydrogens (tertiary/aromatic N) is 1. The first-order valence-corrected chi connectivity index (χ1v) is 9.89. The number of rotatable bonds is 7. The monoisotopic (exact) mass is 407 g/mol. The molecule has 2 aromatic rings. The molecule has 3 rings (SSSR count). The van der Waals surface area contributed by atoms with E-state index < -0.39 is 12.2 Å². The number of aromatic nitrogens is 1. The molecule has 0 radical (unpaired) electrons. The van der Waals surface area contributed by atoms with Crippen LogP contribution in [0, 0.1) is 5.92 Å². The van der Waals surface area contributed by atoms with Crippen LogP contribution in [0.1, 0.15) is 41.0 Å². The minimum absolute atomic E-state index is 0.248. The fourth-order valence-corrected chi connectivity index (χ4v) is 4.40. The number of ether oxygens (including phenoxy) is 5. The molecule has 0 saturated carbocycles. The predicted molar refractivity (Wildman–Crippen MR) is 104 cm³/mol. The van der Waals surface area contributed by atoms with Gasteiger partial charge in [0.1, 0.15) is 5.01 Å². The second kappa shape index (κ2) is 9.36. The quantitative estimate of drug-likeness (QED) is 0.650. The van der Waals surface area contributed by atoms with Crippen molar-refractivity contribution in [3.05, 3.63) is 39.8 Å². The van der Waals surface area contributed by atoms with E-state index in [1.807, 2.05) is 25.1 Å². The lowest BCUT2D eigenvalue weighted by atomic mass is 9.86. The standard InChI is InChI=1S/C20H25NO6S/c1-12(19(22)25-4)17(13-6-7-14(23-2)15(10-13)24-3)16-11-21-18(28-16)20-26-8-5-9-27-20/h6-7,10-12,17,20H,5,8-9H2,1-4H3. The molecule has 0 aliphatic carbocycles. The van der Waals surface area contributed by atoms with Gasteiger partial charge >= 0.3 is 5.97 Å². The van der Waals surface area contributed by atoms with Crippen molar-refractivity contribution in [3.8, 4) is 11.5 Å². The molecule has 1 aromatic heterocycles. The number of hydrogen-bond acceptors (Lipinski definition) is 8. The Hall–Kier alpha value is -2.16. The Morgan fingerprint density at radius 1 is 1.18 bits per heavy atom. The summed E-state index contributed by atoms with van der Waals surface area (Å²) in [6.07, 6.45) is 2.21. The lowest BCUT2D eigenvalue weighted by Crippen LogP contribution is -2.21. The minimum atomic E-state index is -0.452. The molecule has 7 nitrogen and oxygen atoms in total. The van der Waals surface area contributed by atoms with E-state index >= 15 is 0 Å². The van der Waals surface area contributed by atoms with Gasteiger partial charge in [-0.2, -0.15) is 0 Å². The van der Waals surface area contributed by atoms with Gasteiger partial charge < -0.3 is 23.7 Å². The fourth-order valence-electron chi connectivity index (χ4n) is 3.25. The number of carbonyl (C=O) groups is 1. The van der Waals surface area contributed by atoms with Crippen molar-refractivity contribution >= 4 is 17.3 Å². The minimum Gasteiger partial charge on any atom is -0.493 e. The van der Waals surface area contributed by atoms with Crippen LogP contribution in [0.3, 0.4) is 0 Å². The molecule has 1 aromatic carbocycles. The Bertz CT molecular complexity index is 802. The second-order valence-electron chi connectivity index (χ2n) is 6.43. The average Bonchev–Trinajstić information content (AvgIpc) is 3.23. The summed E-state index contributed by atoms with van der Waals surface area (Å²) in [4.78, 5) is 17.8. The van der Waals surface area contributed by atoms with Gasteiger partial charge in [0.2, 0.25) is 6.29 Å². The summed E-state index contributed by atoms with van der Waals surface area (Å²) < 4.78 is 27.1. The van der Waals surface area contributed by atoms with Crippen LogP contribution in [-0.4, -0.2) is 45.5 Å². The first-order chi connectivity index (χ1) is 13.6. The fraction of sp³-hybridized carbons (Fsp3) is 0.500. The molecule has 1 fully saturated rings. The largest absolute Gasteiger partial charge is 0.493 e. The smallest absolute Gasteiger partial charge is 0.309 e. The zero-order valence-corrected chi connectivity index (χ0v) is 17.3. The summed E-state index contributed by atoms with van der Waals surface area (Å²) in [5.41, 5.74) is 0.913. The zero-order chi connectivity index (χ0) is 20.1. The molecule has 2 atom stereocenters. The molecule has 28 heavy (non-hydrogen) atoms. The number of carbonyl (C=O) groups excluding carboxylic acids is 1. The van der Waals surface area contributed by atoms with Crippen molar-refractivity contribution in [2.24, 2.45) is 5.92 Å². The molecule has 152 valence electrons. The highest BCUT2D eigenvalue weighted by Crippen LogP contribution is 2.41. The molecule has 2 heterocycles. The summed E-state index contributed by atoms with van der Waals surface area (Å²) in [6.45, 7) is 3.15. The zero-order valence-electron chi connectivity index (χ0n) is 16.5. The maximum Gasteiger partial charge on any atom is 0.309 e. The third-order valence-electron chi connectivity index (χ3n) is 4.72. The van der Waals surface area contributed by atoms with Crippen LogP contribution in [0.2, 0.25) is 0 Å². The van der Waals surface area contributed by atoms with Crippen LogP contribution in [0.5, 0.6) is 11.5 Å². The normalized spacial score (nSPS) is 17.0. The van der Waals surface area contributed by atoms with Gasteiger partial charge in [0.05, 0.1) is 40.5 Å². The predicted octanol–water partition coefficient (Wildman–Crippen LogP) is 3.54. The number of benzene rings is 1. The van der Waals surface area contributed by atoms with Crippen LogP contribution in [0.4, 0.5) is 0 Å². The van der Waals surface area contributed by atoms with Gasteiger partial charge in [-0.3, -0.25) is 4.79 Å². The van der Waals surface area contributed by atoms with Gasteiger partial charge in [-0.25, -0.2) is 4.98 Å². The van der Waals surface area contributed by atoms with Crippen LogP contribution >= 0.6 is 11.3 Å². The van der Waals surface area contributed by atoms with E-state index in [-0.39, 0.29) is 11.9 Å². The van der Waals surface area contributed by atoms with Gasteiger partial charge in [0.25, 0.3) is 0 Å². The van der Waals surface area contributed by atoms with Crippen LogP contribution in [0.15, 0.2) is 24.4 Å². The molecule has 1 saturated heterocycles. The Labute approximate surface area is 168 Å². The van der Waals surface area contributed by atoms with E-state index in [4.69, 9.17) is 23.7 Å². The number of thiazole rings is 1. The Kier molecular flexibility index (Phi) is 6.88. The molecule has 8 heteroatoms. The first-order valence-electron chi connectivity index (χ1n) is 9.07. The molecule has 0 bridgehead atoms. The molecule has 2 unspecified atom stereocenters. The van der Waals surface area contributed by atoms with Crippen molar-refractivity contribution in [1.29, 1.82) is 0 Å². The number of esters is 1. The van der Waals surface area contributed by atoms with Crippen molar-refractivity contribution in [1.82, 2.24) is 4.98 Å². The maximum atomic E-state index is 12.3. The first kappa shape index (κ1) is 20.6. The van der Waals surface area contributed by atoms with Gasteiger partial charge in [-0.1, -0.05) is 13.0 Å². The lowest BCUT2D eigenvalue weighted by Gasteiger charge is -2.23. The lowest BCUT2D eigenvalue weighted by molar-refractivity contribution is -0.183. The van der Waals surface area contributed by atoms with Crippen LogP contribution in [-0.2, 0) is 19.0 Å². The number of hydrogen-bond donors (Lipinski definition) is 0. The second-order valence-corrected chi connectivity index (χ2v) is 7.53. The van der Waals surface area contributed by atoms with Crippen molar-refractivity contribution < 1.29 is 28.5 Å². The topological polar surface area (TPSA) is 76.1 Å². The van der Waals surface area contributed by atoms with E-state index in [0.29, 0.717) is 24.7 Å². The summed E-state index contributed by atoms with van der Waals surface area (Å²) in [6, 6.07) is 5.65. The molecular weight excluding hydrogens is 382 g/mol. The molecule has 0 spiro atoms. The van der Waals surface area contributed by atoms with Gasteiger partial charge in [-0.05, 0) is 24.1 Å². The van der Waals surface area contributed by atoms with E-state index in [2.05, 4.69) is 4.98 Å². The molecule has 0 amide bonds. The van der Waals surface area contributed by atoms with Crippen molar-refractivity contribution in [2.75, 3.05) is 34.5 Å². The van der Waals surface area contributed by atoms with Crippen LogP contribution in [0.25, 0.3) is 0 Å². The Balaban J connectivity index is 1.98. The van der Waals surface area contributed by atoms with E-state index in [1.54, 1.807) is 20.4 Å². The highest BCUT2D eigenvalue weighted by atomic mass is 32.1. The third kappa shape index (κ3) is 4.29. The molecule has 1 aliphatic rings. The highest BCUT2D eigenvalue weighted by molar-refractivity contribution is 7.11.